The van der Waals surface area contributed by atoms with Crippen LogP contribution in [0, 0.1) is 11.3 Å². The topological polar surface area (TPSA) is 70.0 Å². The Hall–Kier alpha value is -1.67. The average molecular weight is 293 g/mol. The summed E-state index contributed by atoms with van der Waals surface area (Å²) in [5.74, 6) is -0.975. The van der Waals surface area contributed by atoms with Gasteiger partial charge in [0.2, 0.25) is 11.8 Å². The molecule has 1 aromatic carbocycles. The summed E-state index contributed by atoms with van der Waals surface area (Å²) in [7, 11) is 0. The third kappa shape index (κ3) is 2.37. The van der Waals surface area contributed by atoms with Gasteiger partial charge in [-0.25, -0.2) is 0 Å². The Morgan fingerprint density at radius 2 is 2.18 bits per heavy atom. The van der Waals surface area contributed by atoms with E-state index in [1.807, 2.05) is 0 Å². The van der Waals surface area contributed by atoms with Gasteiger partial charge in [-0.1, -0.05) is 22.0 Å². The van der Waals surface area contributed by atoms with E-state index in [1.165, 1.54) is 0 Å². The summed E-state index contributed by atoms with van der Waals surface area (Å²) in [5.41, 5.74) is 1.15. The fraction of sp³-hybridized carbons (Fsp3) is 0.250. The molecule has 0 aromatic heterocycles. The highest BCUT2D eigenvalue weighted by molar-refractivity contribution is 9.10. The number of benzene rings is 1. The van der Waals surface area contributed by atoms with Crippen molar-refractivity contribution >= 4 is 27.7 Å². The molecular weight excluding hydrogens is 284 g/mol. The number of imide groups is 1. The second-order valence-electron chi connectivity index (χ2n) is 3.85. The maximum absolute atomic E-state index is 11.7. The van der Waals surface area contributed by atoms with E-state index in [0.29, 0.717) is 24.0 Å². The van der Waals surface area contributed by atoms with Crippen LogP contribution in [0.3, 0.4) is 0 Å². The third-order valence-corrected chi connectivity index (χ3v) is 3.24. The smallest absolute Gasteiger partial charge is 0.234 e. The van der Waals surface area contributed by atoms with Gasteiger partial charge in [0, 0.05) is 10.9 Å². The number of carbonyl (C=O) groups excluding carboxylic acids is 2. The van der Waals surface area contributed by atoms with Gasteiger partial charge in [-0.05, 0) is 24.1 Å². The number of hydrogen-bond acceptors (Lipinski definition) is 3. The van der Waals surface area contributed by atoms with Gasteiger partial charge in [0.25, 0.3) is 0 Å². The first kappa shape index (κ1) is 11.8. The molecule has 1 aliphatic rings. The predicted octanol–water partition coefficient (Wildman–Crippen LogP) is 1.84. The van der Waals surface area contributed by atoms with Crippen LogP contribution >= 0.6 is 15.9 Å². The summed E-state index contributed by atoms with van der Waals surface area (Å²) in [6.45, 7) is 0. The highest BCUT2D eigenvalue weighted by Gasteiger charge is 2.29. The van der Waals surface area contributed by atoms with Crippen LogP contribution in [0.15, 0.2) is 22.7 Å². The zero-order chi connectivity index (χ0) is 12.4. The van der Waals surface area contributed by atoms with Gasteiger partial charge in [-0.3, -0.25) is 14.9 Å². The predicted molar refractivity (Wildman–Crippen MR) is 64.0 cm³/mol. The number of nitrogens with one attached hydrogen (secondary N) is 1. The van der Waals surface area contributed by atoms with Crippen LogP contribution in [0.5, 0.6) is 0 Å². The maximum atomic E-state index is 11.7. The molecule has 17 heavy (non-hydrogen) atoms. The molecule has 86 valence electrons. The Balaban J connectivity index is 2.38. The molecule has 0 aliphatic carbocycles. The molecule has 4 nitrogen and oxygen atoms in total. The minimum atomic E-state index is -0.407. The number of carbonyl (C=O) groups is 2. The first-order valence-electron chi connectivity index (χ1n) is 5.15. The van der Waals surface area contributed by atoms with Crippen LogP contribution in [-0.2, 0) is 9.59 Å². The molecule has 5 heteroatoms. The number of nitrogens with zero attached hydrogens (tertiary/aromatic N) is 1. The van der Waals surface area contributed by atoms with Gasteiger partial charge in [-0.2, -0.15) is 5.26 Å². The van der Waals surface area contributed by atoms with Gasteiger partial charge < -0.3 is 0 Å². The van der Waals surface area contributed by atoms with Crippen LogP contribution < -0.4 is 5.32 Å². The monoisotopic (exact) mass is 292 g/mol. The number of hydrogen-bond donors (Lipinski definition) is 1. The number of nitriles is 1. The second-order valence-corrected chi connectivity index (χ2v) is 4.76. The summed E-state index contributed by atoms with van der Waals surface area (Å²) in [6, 6.07) is 7.29. The molecule has 1 aromatic rings. The third-order valence-electron chi connectivity index (χ3n) is 2.75. The fourth-order valence-electron chi connectivity index (χ4n) is 1.92. The van der Waals surface area contributed by atoms with E-state index in [-0.39, 0.29) is 11.8 Å². The fourth-order valence-corrected chi connectivity index (χ4v) is 2.28. The lowest BCUT2D eigenvalue weighted by atomic mass is 9.88. The van der Waals surface area contributed by atoms with Crippen molar-refractivity contribution in [2.45, 2.75) is 18.8 Å². The minimum absolute atomic E-state index is 0.248. The molecule has 0 spiro atoms. The van der Waals surface area contributed by atoms with E-state index in [9.17, 15) is 9.59 Å². The van der Waals surface area contributed by atoms with Gasteiger partial charge in [0.1, 0.15) is 0 Å². The van der Waals surface area contributed by atoms with Crippen molar-refractivity contribution in [1.29, 1.82) is 5.26 Å². The number of amides is 2. The van der Waals surface area contributed by atoms with E-state index < -0.39 is 5.92 Å². The number of piperidine rings is 1. The van der Waals surface area contributed by atoms with Crippen molar-refractivity contribution < 1.29 is 9.59 Å². The Morgan fingerprint density at radius 3 is 2.82 bits per heavy atom. The van der Waals surface area contributed by atoms with Crippen LogP contribution in [0.2, 0.25) is 0 Å². The standard InChI is InChI=1S/C12H9BrN2O2/c13-8-1-2-9(7(5-8)6-14)10-3-4-11(16)15-12(10)17/h1-2,5,10H,3-4H2,(H,15,16,17). The van der Waals surface area contributed by atoms with Crippen LogP contribution in [-0.4, -0.2) is 11.8 Å². The Morgan fingerprint density at radius 1 is 1.41 bits per heavy atom. The zero-order valence-electron chi connectivity index (χ0n) is 8.87. The van der Waals surface area contributed by atoms with Crippen LogP contribution in [0.25, 0.3) is 0 Å². The second kappa shape index (κ2) is 4.68. The molecule has 2 rings (SSSR count). The van der Waals surface area contributed by atoms with Crippen molar-refractivity contribution in [3.63, 3.8) is 0 Å². The van der Waals surface area contributed by atoms with Crippen LogP contribution in [0.1, 0.15) is 29.9 Å². The summed E-state index contributed by atoms with van der Waals surface area (Å²) in [4.78, 5) is 22.8. The first-order chi connectivity index (χ1) is 8.11. The van der Waals surface area contributed by atoms with E-state index in [2.05, 4.69) is 27.3 Å². The van der Waals surface area contributed by atoms with Gasteiger partial charge >= 0.3 is 0 Å². The normalized spacial score (nSPS) is 19.6. The van der Waals surface area contributed by atoms with E-state index in [0.717, 1.165) is 4.47 Å². The molecule has 2 amide bonds. The molecule has 0 radical (unpaired) electrons. The molecule has 1 aliphatic heterocycles. The molecule has 1 N–H and O–H groups in total. The minimum Gasteiger partial charge on any atom is -0.296 e. The van der Waals surface area contributed by atoms with E-state index in [4.69, 9.17) is 5.26 Å². The lowest BCUT2D eigenvalue weighted by molar-refractivity contribution is -0.134. The lowest BCUT2D eigenvalue weighted by Crippen LogP contribution is -2.39. The maximum Gasteiger partial charge on any atom is 0.234 e. The van der Waals surface area contributed by atoms with Gasteiger partial charge in [0.15, 0.2) is 0 Å². The van der Waals surface area contributed by atoms with Gasteiger partial charge in [-0.15, -0.1) is 0 Å². The molecule has 1 heterocycles. The van der Waals surface area contributed by atoms with Crippen molar-refractivity contribution in [2.24, 2.45) is 0 Å². The molecule has 1 atom stereocenters. The van der Waals surface area contributed by atoms with Gasteiger partial charge in [0.05, 0.1) is 17.6 Å². The quantitative estimate of drug-likeness (QED) is 0.803. The summed E-state index contributed by atoms with van der Waals surface area (Å²) >= 11 is 3.28. The SMILES string of the molecule is N#Cc1cc(Br)ccc1C1CCC(=O)NC1=O. The molecule has 0 saturated carbocycles. The highest BCUT2D eigenvalue weighted by Crippen LogP contribution is 2.29. The molecule has 1 saturated heterocycles. The zero-order valence-corrected chi connectivity index (χ0v) is 10.5. The summed E-state index contributed by atoms with van der Waals surface area (Å²) in [6.07, 6.45) is 0.776. The Kier molecular flexibility index (Phi) is 3.25. The van der Waals surface area contributed by atoms with E-state index in [1.54, 1.807) is 18.2 Å². The first-order valence-corrected chi connectivity index (χ1v) is 5.94. The molecule has 1 fully saturated rings. The summed E-state index contributed by atoms with van der Waals surface area (Å²) in [5, 5.41) is 11.3. The lowest BCUT2D eigenvalue weighted by Gasteiger charge is -2.21. The highest BCUT2D eigenvalue weighted by atomic mass is 79.9. The van der Waals surface area contributed by atoms with E-state index >= 15 is 0 Å². The van der Waals surface area contributed by atoms with Crippen LogP contribution in [0.4, 0.5) is 0 Å². The average Bonchev–Trinajstić information content (AvgIpc) is 2.30. The van der Waals surface area contributed by atoms with Crippen molar-refractivity contribution in [2.75, 3.05) is 0 Å². The molecule has 0 bridgehead atoms. The largest absolute Gasteiger partial charge is 0.296 e. The number of rotatable bonds is 1. The van der Waals surface area contributed by atoms with Crippen molar-refractivity contribution in [1.82, 2.24) is 5.32 Å². The molecular formula is C12H9BrN2O2. The number of halogens is 1. The van der Waals surface area contributed by atoms with Crippen molar-refractivity contribution in [3.05, 3.63) is 33.8 Å². The summed E-state index contributed by atoms with van der Waals surface area (Å²) < 4.78 is 0.796. The Bertz CT molecular complexity index is 534. The molecule has 1 unspecified atom stereocenters. The Labute approximate surface area is 107 Å². The van der Waals surface area contributed by atoms with Crippen molar-refractivity contribution in [3.8, 4) is 6.07 Å².